The fourth-order valence-electron chi connectivity index (χ4n) is 4.60. The quantitative estimate of drug-likeness (QED) is 0.395. The van der Waals surface area contributed by atoms with Crippen LogP contribution in [0.2, 0.25) is 0 Å². The van der Waals surface area contributed by atoms with E-state index in [9.17, 15) is 9.90 Å². The smallest absolute Gasteiger partial charge is 0.274 e. The number of aromatic nitrogens is 5. The van der Waals surface area contributed by atoms with E-state index in [0.29, 0.717) is 35.9 Å². The summed E-state index contributed by atoms with van der Waals surface area (Å²) in [7, 11) is 0. The van der Waals surface area contributed by atoms with Crippen LogP contribution in [-0.4, -0.2) is 75.1 Å². The van der Waals surface area contributed by atoms with Gasteiger partial charge in [0.2, 0.25) is 0 Å². The van der Waals surface area contributed by atoms with Crippen molar-refractivity contribution in [2.75, 3.05) is 54.5 Å². The molecule has 4 aromatic heterocycles. The summed E-state index contributed by atoms with van der Waals surface area (Å²) in [6.07, 6.45) is 6.63. The van der Waals surface area contributed by atoms with Gasteiger partial charge in [0.15, 0.2) is 22.4 Å². The molecule has 0 atom stereocenters. The third-order valence-corrected chi connectivity index (χ3v) is 7.61. The lowest BCUT2D eigenvalue weighted by Gasteiger charge is -2.29. The normalized spacial score (nSPS) is 16.4. The standard InChI is InChI=1S/C25H28N8O3S/c34-16-17-14-26-33(15-17)21-6-4-5-18(27-21)24(35)28-19-13-20-22(29-23(19)31-7-2-1-3-8-31)30-25(37-20)32-9-11-36-12-10-32/h4-6,13-15,34H,1-3,7-12,16H2,(H,28,35). The average Bonchev–Trinajstić information content (AvgIpc) is 3.61. The molecule has 2 aliphatic heterocycles. The number of ether oxygens (including phenoxy) is 1. The van der Waals surface area contributed by atoms with Crippen molar-refractivity contribution >= 4 is 44.2 Å². The third-order valence-electron chi connectivity index (χ3n) is 6.56. The fourth-order valence-corrected chi connectivity index (χ4v) is 5.60. The molecule has 2 fully saturated rings. The molecule has 6 heterocycles. The van der Waals surface area contributed by atoms with Crippen LogP contribution in [0.5, 0.6) is 0 Å². The summed E-state index contributed by atoms with van der Waals surface area (Å²) in [5.74, 6) is 0.915. The van der Waals surface area contributed by atoms with E-state index in [0.717, 1.165) is 54.7 Å². The van der Waals surface area contributed by atoms with Gasteiger partial charge < -0.3 is 25.0 Å². The first-order chi connectivity index (χ1) is 18.2. The van der Waals surface area contributed by atoms with E-state index < -0.39 is 0 Å². The second-order valence-electron chi connectivity index (χ2n) is 9.11. The predicted octanol–water partition coefficient (Wildman–Crippen LogP) is 2.84. The first-order valence-corrected chi connectivity index (χ1v) is 13.3. The lowest BCUT2D eigenvalue weighted by Crippen LogP contribution is -2.36. The molecule has 6 rings (SSSR count). The minimum absolute atomic E-state index is 0.111. The number of anilines is 3. The van der Waals surface area contributed by atoms with Crippen molar-refractivity contribution in [2.45, 2.75) is 25.9 Å². The van der Waals surface area contributed by atoms with Crippen LogP contribution in [0.15, 0.2) is 36.7 Å². The van der Waals surface area contributed by atoms with Crippen LogP contribution in [0.4, 0.5) is 16.6 Å². The molecule has 0 bridgehead atoms. The Morgan fingerprint density at radius 3 is 2.68 bits per heavy atom. The molecular formula is C25H28N8O3S. The number of pyridine rings is 2. The van der Waals surface area contributed by atoms with Gasteiger partial charge in [0.1, 0.15) is 5.69 Å². The summed E-state index contributed by atoms with van der Waals surface area (Å²) in [5.41, 5.74) is 2.29. The van der Waals surface area contributed by atoms with Crippen molar-refractivity contribution in [3.8, 4) is 5.82 Å². The number of morpholine rings is 1. The lowest BCUT2D eigenvalue weighted by atomic mass is 10.1. The van der Waals surface area contributed by atoms with Crippen LogP contribution < -0.4 is 15.1 Å². The van der Waals surface area contributed by atoms with Crippen molar-refractivity contribution in [3.05, 3.63) is 47.9 Å². The van der Waals surface area contributed by atoms with Crippen molar-refractivity contribution in [3.63, 3.8) is 0 Å². The molecule has 2 N–H and O–H groups in total. The van der Waals surface area contributed by atoms with E-state index in [2.05, 4.69) is 25.2 Å². The highest BCUT2D eigenvalue weighted by Gasteiger charge is 2.23. The number of nitrogens with one attached hydrogen (secondary N) is 1. The maximum absolute atomic E-state index is 13.4. The zero-order valence-electron chi connectivity index (χ0n) is 20.3. The Morgan fingerprint density at radius 2 is 1.89 bits per heavy atom. The second kappa shape index (κ2) is 10.4. The number of carbonyl (C=O) groups is 1. The largest absolute Gasteiger partial charge is 0.392 e. The predicted molar refractivity (Wildman–Crippen MR) is 142 cm³/mol. The van der Waals surface area contributed by atoms with Gasteiger partial charge in [-0.2, -0.15) is 10.1 Å². The zero-order chi connectivity index (χ0) is 25.2. The third kappa shape index (κ3) is 4.99. The Labute approximate surface area is 217 Å². The van der Waals surface area contributed by atoms with E-state index in [1.807, 2.05) is 6.07 Å². The van der Waals surface area contributed by atoms with Crippen molar-refractivity contribution in [1.82, 2.24) is 24.7 Å². The molecule has 1 amide bonds. The van der Waals surface area contributed by atoms with Crippen molar-refractivity contribution < 1.29 is 14.6 Å². The zero-order valence-corrected chi connectivity index (χ0v) is 21.2. The number of carbonyl (C=O) groups excluding carboxylic acids is 1. The van der Waals surface area contributed by atoms with Gasteiger partial charge in [-0.15, -0.1) is 0 Å². The van der Waals surface area contributed by atoms with Gasteiger partial charge in [-0.3, -0.25) is 4.79 Å². The van der Waals surface area contributed by atoms with Crippen molar-refractivity contribution in [1.29, 1.82) is 0 Å². The summed E-state index contributed by atoms with van der Waals surface area (Å²) in [6, 6.07) is 7.19. The number of piperidine rings is 1. The van der Waals surface area contributed by atoms with Gasteiger partial charge in [-0.1, -0.05) is 17.4 Å². The van der Waals surface area contributed by atoms with Gasteiger partial charge in [-0.05, 0) is 37.5 Å². The maximum Gasteiger partial charge on any atom is 0.274 e. The molecule has 0 spiro atoms. The molecule has 0 unspecified atom stereocenters. The molecule has 12 heteroatoms. The van der Waals surface area contributed by atoms with Gasteiger partial charge >= 0.3 is 0 Å². The minimum Gasteiger partial charge on any atom is -0.392 e. The van der Waals surface area contributed by atoms with Crippen LogP contribution >= 0.6 is 11.3 Å². The summed E-state index contributed by atoms with van der Waals surface area (Å²) in [5, 5.41) is 17.5. The number of fused-ring (bicyclic) bond motifs is 1. The van der Waals surface area contributed by atoms with E-state index in [1.165, 1.54) is 6.42 Å². The Kier molecular flexibility index (Phi) is 6.68. The average molecular weight is 521 g/mol. The topological polar surface area (TPSA) is 122 Å². The molecule has 2 aliphatic rings. The molecule has 2 saturated heterocycles. The molecule has 192 valence electrons. The number of hydrogen-bond donors (Lipinski definition) is 2. The number of rotatable bonds is 6. The van der Waals surface area contributed by atoms with Gasteiger partial charge in [-0.25, -0.2) is 14.6 Å². The number of nitrogens with zero attached hydrogens (tertiary/aromatic N) is 7. The molecule has 0 saturated carbocycles. The lowest BCUT2D eigenvalue weighted by molar-refractivity contribution is 0.102. The molecule has 0 aliphatic carbocycles. The number of aliphatic hydroxyl groups excluding tert-OH is 1. The minimum atomic E-state index is -0.325. The van der Waals surface area contributed by atoms with E-state index >= 15 is 0 Å². The SMILES string of the molecule is O=C(Nc1cc2sc(N3CCOCC3)nc2nc1N1CCCCC1)c1cccc(-n2cc(CO)cn2)n1. The monoisotopic (exact) mass is 520 g/mol. The van der Waals surface area contributed by atoms with Gasteiger partial charge in [0.25, 0.3) is 5.91 Å². The molecule has 0 aromatic carbocycles. The number of amides is 1. The molecule has 4 aromatic rings. The highest BCUT2D eigenvalue weighted by atomic mass is 32.1. The second-order valence-corrected chi connectivity index (χ2v) is 10.1. The Bertz CT molecular complexity index is 1410. The highest BCUT2D eigenvalue weighted by Crippen LogP contribution is 2.35. The summed E-state index contributed by atoms with van der Waals surface area (Å²) in [4.78, 5) is 32.1. The number of aliphatic hydroxyl groups is 1. The van der Waals surface area contributed by atoms with Gasteiger partial charge in [0.05, 0.1) is 36.4 Å². The van der Waals surface area contributed by atoms with Crippen LogP contribution in [0, 0.1) is 0 Å². The Balaban J connectivity index is 1.32. The summed E-state index contributed by atoms with van der Waals surface area (Å²) < 4.78 is 7.95. The first-order valence-electron chi connectivity index (χ1n) is 12.5. The highest BCUT2D eigenvalue weighted by molar-refractivity contribution is 7.22. The number of thiazole rings is 1. The summed E-state index contributed by atoms with van der Waals surface area (Å²) >= 11 is 1.58. The number of hydrogen-bond acceptors (Lipinski definition) is 10. The van der Waals surface area contributed by atoms with Gasteiger partial charge in [0, 0.05) is 37.9 Å². The fraction of sp³-hybridized carbons (Fsp3) is 0.400. The van der Waals surface area contributed by atoms with E-state index in [-0.39, 0.29) is 18.2 Å². The van der Waals surface area contributed by atoms with Crippen LogP contribution in [-0.2, 0) is 11.3 Å². The molecular weight excluding hydrogens is 492 g/mol. The molecule has 0 radical (unpaired) electrons. The van der Waals surface area contributed by atoms with Crippen LogP contribution in [0.25, 0.3) is 16.2 Å². The maximum atomic E-state index is 13.4. The molecule has 11 nitrogen and oxygen atoms in total. The first kappa shape index (κ1) is 23.8. The van der Waals surface area contributed by atoms with Crippen LogP contribution in [0.3, 0.4) is 0 Å². The Morgan fingerprint density at radius 1 is 1.05 bits per heavy atom. The summed E-state index contributed by atoms with van der Waals surface area (Å²) in [6.45, 7) is 4.66. The van der Waals surface area contributed by atoms with Crippen LogP contribution in [0.1, 0.15) is 35.3 Å². The molecule has 37 heavy (non-hydrogen) atoms. The van der Waals surface area contributed by atoms with E-state index in [4.69, 9.17) is 14.7 Å². The van der Waals surface area contributed by atoms with Crippen molar-refractivity contribution in [2.24, 2.45) is 0 Å². The van der Waals surface area contributed by atoms with E-state index in [1.54, 1.807) is 46.6 Å². The Hall–Kier alpha value is -3.61.